The van der Waals surface area contributed by atoms with Gasteiger partial charge in [-0.3, -0.25) is 14.4 Å². The van der Waals surface area contributed by atoms with E-state index in [1.165, 1.54) is 5.56 Å². The van der Waals surface area contributed by atoms with Crippen molar-refractivity contribution < 1.29 is 14.4 Å². The molecule has 10 heteroatoms. The molecule has 2 aliphatic rings. The number of carbonyl (C=O) groups is 3. The molecule has 3 aromatic carbocycles. The van der Waals surface area contributed by atoms with Gasteiger partial charge in [0, 0.05) is 62.2 Å². The number of rotatable bonds is 10. The molecule has 3 aromatic rings. The third-order valence-electron chi connectivity index (χ3n) is 8.04. The first-order chi connectivity index (χ1) is 20.9. The van der Waals surface area contributed by atoms with Crippen LogP contribution in [-0.2, 0) is 29.0 Å². The van der Waals surface area contributed by atoms with Gasteiger partial charge in [-0.15, -0.1) is 0 Å². The molecule has 0 radical (unpaired) electrons. The first-order valence-corrected chi connectivity index (χ1v) is 16.4. The second kappa shape index (κ2) is 14.8. The molecule has 3 amide bonds. The van der Waals surface area contributed by atoms with Crippen molar-refractivity contribution in [2.45, 2.75) is 31.5 Å². The number of nitrogens with one attached hydrogen (secondary N) is 3. The number of benzene rings is 3. The maximum Gasteiger partial charge on any atom is 0.253 e. The molecular weight excluding hydrogens is 582 g/mol. The number of para-hydroxylation sites is 1. The maximum absolute atomic E-state index is 13.9. The summed E-state index contributed by atoms with van der Waals surface area (Å²) >= 11 is 7.79. The Labute approximate surface area is 262 Å². The van der Waals surface area contributed by atoms with Crippen molar-refractivity contribution >= 4 is 46.8 Å². The van der Waals surface area contributed by atoms with Crippen LogP contribution in [0.4, 0.5) is 5.69 Å². The van der Waals surface area contributed by atoms with Crippen LogP contribution >= 0.6 is 23.4 Å². The number of hydrogen-bond acceptors (Lipinski definition) is 6. The van der Waals surface area contributed by atoms with Crippen LogP contribution < -0.4 is 20.9 Å². The lowest BCUT2D eigenvalue weighted by Gasteiger charge is -2.38. The van der Waals surface area contributed by atoms with Gasteiger partial charge in [0.1, 0.15) is 6.04 Å². The van der Waals surface area contributed by atoms with Gasteiger partial charge in [-0.2, -0.15) is 11.8 Å². The van der Waals surface area contributed by atoms with Crippen LogP contribution in [0.1, 0.15) is 27.0 Å². The average molecular weight is 620 g/mol. The molecule has 226 valence electrons. The van der Waals surface area contributed by atoms with Crippen molar-refractivity contribution in [2.75, 3.05) is 49.6 Å². The fourth-order valence-corrected chi connectivity index (χ4v) is 6.09. The highest BCUT2D eigenvalue weighted by atomic mass is 35.5. The summed E-state index contributed by atoms with van der Waals surface area (Å²) in [6.07, 6.45) is 2.95. The van der Waals surface area contributed by atoms with Crippen molar-refractivity contribution in [1.82, 2.24) is 20.9 Å². The summed E-state index contributed by atoms with van der Waals surface area (Å²) in [5.41, 5.74) is 4.77. The lowest BCUT2D eigenvalue weighted by molar-refractivity contribution is -0.137. The average Bonchev–Trinajstić information content (AvgIpc) is 3.05. The predicted octanol–water partition coefficient (Wildman–Crippen LogP) is 3.52. The quantitative estimate of drug-likeness (QED) is 0.301. The number of amides is 3. The SMILES string of the molecule is CSCCNC(=O)c1ccccc1N1CCN(C(=O)[C@@H](Cc2ccc(Cl)cc2)NC(=O)[C@@H]2Cc3ccccc3CN2)CC1. The minimum absolute atomic E-state index is 0.0900. The van der Waals surface area contributed by atoms with Crippen LogP contribution in [0.3, 0.4) is 0 Å². The summed E-state index contributed by atoms with van der Waals surface area (Å²) in [4.78, 5) is 44.3. The lowest BCUT2D eigenvalue weighted by atomic mass is 9.95. The van der Waals surface area contributed by atoms with E-state index in [-0.39, 0.29) is 17.7 Å². The highest BCUT2D eigenvalue weighted by Crippen LogP contribution is 2.23. The van der Waals surface area contributed by atoms with Gasteiger partial charge in [0.05, 0.1) is 11.6 Å². The number of thioether (sulfide) groups is 1. The summed E-state index contributed by atoms with van der Waals surface area (Å²) < 4.78 is 0. The number of fused-ring (bicyclic) bond motifs is 1. The number of piperazine rings is 1. The second-order valence-electron chi connectivity index (χ2n) is 10.9. The smallest absolute Gasteiger partial charge is 0.253 e. The zero-order valence-corrected chi connectivity index (χ0v) is 25.9. The van der Waals surface area contributed by atoms with E-state index in [0.29, 0.717) is 62.7 Å². The van der Waals surface area contributed by atoms with Gasteiger partial charge in [-0.05, 0) is 53.6 Å². The van der Waals surface area contributed by atoms with Gasteiger partial charge in [0.15, 0.2) is 0 Å². The van der Waals surface area contributed by atoms with Crippen molar-refractivity contribution in [3.05, 3.63) is 100 Å². The molecule has 43 heavy (non-hydrogen) atoms. The van der Waals surface area contributed by atoms with E-state index >= 15 is 0 Å². The van der Waals surface area contributed by atoms with Crippen LogP contribution in [0.5, 0.6) is 0 Å². The molecule has 1 saturated heterocycles. The highest BCUT2D eigenvalue weighted by Gasteiger charge is 2.32. The van der Waals surface area contributed by atoms with E-state index in [4.69, 9.17) is 11.6 Å². The van der Waals surface area contributed by atoms with E-state index < -0.39 is 12.1 Å². The number of anilines is 1. The Bertz CT molecular complexity index is 1430. The van der Waals surface area contributed by atoms with E-state index in [0.717, 1.165) is 22.6 Å². The normalized spacial score (nSPS) is 17.1. The van der Waals surface area contributed by atoms with Crippen molar-refractivity contribution in [1.29, 1.82) is 0 Å². The van der Waals surface area contributed by atoms with E-state index in [2.05, 4.69) is 33.0 Å². The molecule has 8 nitrogen and oxygen atoms in total. The molecule has 0 saturated carbocycles. The molecule has 2 heterocycles. The number of nitrogens with zero attached hydrogens (tertiary/aromatic N) is 2. The number of halogens is 1. The summed E-state index contributed by atoms with van der Waals surface area (Å²) in [5.74, 6) is 0.476. The Kier molecular flexibility index (Phi) is 10.6. The van der Waals surface area contributed by atoms with E-state index in [9.17, 15) is 14.4 Å². The molecule has 0 unspecified atom stereocenters. The monoisotopic (exact) mass is 619 g/mol. The highest BCUT2D eigenvalue weighted by molar-refractivity contribution is 7.98. The van der Waals surface area contributed by atoms with Crippen LogP contribution in [0.25, 0.3) is 0 Å². The van der Waals surface area contributed by atoms with E-state index in [1.54, 1.807) is 23.9 Å². The largest absolute Gasteiger partial charge is 0.367 e. The third-order valence-corrected chi connectivity index (χ3v) is 8.90. The van der Waals surface area contributed by atoms with Crippen LogP contribution in [0, 0.1) is 0 Å². The molecule has 2 atom stereocenters. The zero-order valence-electron chi connectivity index (χ0n) is 24.4. The zero-order chi connectivity index (χ0) is 30.2. The molecule has 2 aliphatic heterocycles. The fraction of sp³-hybridized carbons (Fsp3) is 0.364. The van der Waals surface area contributed by atoms with Gasteiger partial charge in [0.25, 0.3) is 5.91 Å². The Morgan fingerprint density at radius 2 is 1.65 bits per heavy atom. The molecule has 0 bridgehead atoms. The Balaban J connectivity index is 1.26. The lowest BCUT2D eigenvalue weighted by Crippen LogP contribution is -2.58. The Hall–Kier alpha value is -3.53. The van der Waals surface area contributed by atoms with Gasteiger partial charge < -0.3 is 25.8 Å². The van der Waals surface area contributed by atoms with Crippen molar-refractivity contribution in [3.63, 3.8) is 0 Å². The van der Waals surface area contributed by atoms with Crippen molar-refractivity contribution in [3.8, 4) is 0 Å². The summed E-state index contributed by atoms with van der Waals surface area (Å²) in [5, 5.41) is 10.0. The third kappa shape index (κ3) is 7.90. The summed E-state index contributed by atoms with van der Waals surface area (Å²) in [6, 6.07) is 22.0. The number of carbonyl (C=O) groups excluding carboxylic acids is 3. The van der Waals surface area contributed by atoms with E-state index in [1.807, 2.05) is 59.7 Å². The van der Waals surface area contributed by atoms with Gasteiger partial charge in [0.2, 0.25) is 11.8 Å². The van der Waals surface area contributed by atoms with Crippen LogP contribution in [-0.4, -0.2) is 79.4 Å². The Morgan fingerprint density at radius 1 is 0.953 bits per heavy atom. The fourth-order valence-electron chi connectivity index (χ4n) is 5.66. The second-order valence-corrected chi connectivity index (χ2v) is 12.3. The number of hydrogen-bond donors (Lipinski definition) is 3. The minimum Gasteiger partial charge on any atom is -0.367 e. The molecule has 3 N–H and O–H groups in total. The molecule has 0 aliphatic carbocycles. The van der Waals surface area contributed by atoms with Crippen molar-refractivity contribution in [2.24, 2.45) is 0 Å². The topological polar surface area (TPSA) is 93.8 Å². The minimum atomic E-state index is -0.714. The van der Waals surface area contributed by atoms with Gasteiger partial charge in [-0.25, -0.2) is 0 Å². The Morgan fingerprint density at radius 3 is 2.40 bits per heavy atom. The van der Waals surface area contributed by atoms with Crippen LogP contribution in [0.2, 0.25) is 5.02 Å². The molecule has 5 rings (SSSR count). The molecular formula is C33H38ClN5O3S. The first-order valence-electron chi connectivity index (χ1n) is 14.7. The predicted molar refractivity (Wildman–Crippen MR) is 174 cm³/mol. The molecule has 0 aromatic heterocycles. The summed E-state index contributed by atoms with van der Waals surface area (Å²) in [6.45, 7) is 3.38. The van der Waals surface area contributed by atoms with Gasteiger partial charge in [-0.1, -0.05) is 60.1 Å². The molecule has 0 spiro atoms. The maximum atomic E-state index is 13.9. The van der Waals surface area contributed by atoms with Gasteiger partial charge >= 0.3 is 0 Å². The van der Waals surface area contributed by atoms with Crippen LogP contribution in [0.15, 0.2) is 72.8 Å². The first kappa shape index (κ1) is 30.9. The standard InChI is InChI=1S/C33H38ClN5O3S/c1-43-19-14-35-31(40)27-8-4-5-9-30(27)38-15-17-39(18-16-38)33(42)29(20-23-10-12-26(34)13-11-23)37-32(41)28-21-24-6-2-3-7-25(24)22-36-28/h2-13,28-29,36H,14-22H2,1H3,(H,35,40)(H,37,41)/t28-,29+/m0/s1. The molecule has 1 fully saturated rings. The summed E-state index contributed by atoms with van der Waals surface area (Å²) in [7, 11) is 0.